The van der Waals surface area contributed by atoms with E-state index in [0.717, 1.165) is 36.4 Å². The molecule has 174 valence electrons. The van der Waals surface area contributed by atoms with E-state index in [1.807, 2.05) is 18.2 Å². The minimum atomic E-state index is -1.05. The first-order chi connectivity index (χ1) is 16.0. The van der Waals surface area contributed by atoms with Crippen molar-refractivity contribution >= 4 is 34.2 Å². The average Bonchev–Trinajstić information content (AvgIpc) is 3.16. The lowest BCUT2D eigenvalue weighted by atomic mass is 9.91. The van der Waals surface area contributed by atoms with E-state index >= 15 is 0 Å². The predicted octanol–water partition coefficient (Wildman–Crippen LogP) is 4.38. The molecule has 1 aliphatic heterocycles. The summed E-state index contributed by atoms with van der Waals surface area (Å²) in [5, 5.41) is 12.8. The highest BCUT2D eigenvalue weighted by molar-refractivity contribution is 7.17. The number of carboxylic acid groups (broad SMARTS) is 1. The number of carbonyl (C=O) groups excluding carboxylic acids is 2. The van der Waals surface area contributed by atoms with Crippen LogP contribution >= 0.6 is 11.3 Å². The fraction of sp³-hybridized carbons (Fsp3) is 0.400. The number of thiophene rings is 1. The van der Waals surface area contributed by atoms with Crippen LogP contribution in [0, 0.1) is 0 Å². The number of nitrogens with one attached hydrogen (secondary N) is 1. The number of nitrogens with zero attached hydrogens (tertiary/aromatic N) is 1. The number of ether oxygens (including phenoxy) is 1. The van der Waals surface area contributed by atoms with E-state index in [-0.39, 0.29) is 12.2 Å². The molecule has 2 aliphatic rings. The first kappa shape index (κ1) is 23.2. The van der Waals surface area contributed by atoms with Crippen LogP contribution in [-0.2, 0) is 33.8 Å². The summed E-state index contributed by atoms with van der Waals surface area (Å²) >= 11 is 1.39. The molecule has 0 radical (unpaired) electrons. The highest BCUT2D eigenvalue weighted by Gasteiger charge is 2.31. The summed E-state index contributed by atoms with van der Waals surface area (Å²) in [5.41, 5.74) is 3.04. The minimum Gasteiger partial charge on any atom is -0.478 e. The monoisotopic (exact) mass is 468 g/mol. The Bertz CT molecular complexity index is 1090. The molecule has 1 aliphatic carbocycles. The molecule has 0 saturated heterocycles. The number of rotatable bonds is 7. The Labute approximate surface area is 197 Å². The summed E-state index contributed by atoms with van der Waals surface area (Å²) < 4.78 is 5.30. The lowest BCUT2D eigenvalue weighted by Crippen LogP contribution is -2.30. The van der Waals surface area contributed by atoms with E-state index in [2.05, 4.69) is 22.3 Å². The van der Waals surface area contributed by atoms with Gasteiger partial charge in [-0.25, -0.2) is 9.59 Å². The summed E-state index contributed by atoms with van der Waals surface area (Å²) in [6, 6.07) is 10.2. The first-order valence-corrected chi connectivity index (χ1v) is 12.1. The van der Waals surface area contributed by atoms with Crippen molar-refractivity contribution in [1.82, 2.24) is 4.90 Å². The van der Waals surface area contributed by atoms with Gasteiger partial charge in [-0.2, -0.15) is 0 Å². The molecule has 0 atom stereocenters. The zero-order valence-corrected chi connectivity index (χ0v) is 19.5. The molecule has 33 heavy (non-hydrogen) atoms. The lowest BCUT2D eigenvalue weighted by Gasteiger charge is -2.27. The maximum Gasteiger partial charge on any atom is 0.341 e. The van der Waals surface area contributed by atoms with Crippen molar-refractivity contribution in [1.29, 1.82) is 0 Å². The van der Waals surface area contributed by atoms with E-state index in [1.165, 1.54) is 16.9 Å². The normalized spacial score (nSPS) is 16.3. The van der Waals surface area contributed by atoms with Gasteiger partial charge in [-0.05, 0) is 50.2 Å². The van der Waals surface area contributed by atoms with Crippen molar-refractivity contribution in [2.75, 3.05) is 18.5 Å². The summed E-state index contributed by atoms with van der Waals surface area (Å²) in [7, 11) is 0. The molecule has 7 nitrogen and oxygen atoms in total. The fourth-order valence-electron chi connectivity index (χ4n) is 4.51. The molecule has 2 aromatic rings. The second kappa shape index (κ2) is 10.3. The van der Waals surface area contributed by atoms with Gasteiger partial charge in [0.1, 0.15) is 5.00 Å². The Hall–Kier alpha value is -2.97. The average molecular weight is 469 g/mol. The van der Waals surface area contributed by atoms with Gasteiger partial charge in [-0.15, -0.1) is 11.3 Å². The largest absolute Gasteiger partial charge is 0.478 e. The van der Waals surface area contributed by atoms with Crippen LogP contribution in [0.2, 0.25) is 0 Å². The molecule has 8 heteroatoms. The van der Waals surface area contributed by atoms with Crippen molar-refractivity contribution < 1.29 is 24.2 Å². The van der Waals surface area contributed by atoms with Gasteiger partial charge in [-0.3, -0.25) is 9.69 Å². The lowest BCUT2D eigenvalue weighted by molar-refractivity contribution is -0.133. The van der Waals surface area contributed by atoms with E-state index in [9.17, 15) is 19.5 Å². The van der Waals surface area contributed by atoms with E-state index < -0.39 is 17.8 Å². The molecule has 0 fully saturated rings. The molecular formula is C25H28N2O5S. The number of esters is 1. The fourth-order valence-corrected chi connectivity index (χ4v) is 5.78. The SMILES string of the molecule is CCOC(=O)c1c(NC(=O)C2=C(C(=O)O)CCCC2)sc2c1CCN(Cc1ccccc1)C2. The second-order valence-corrected chi connectivity index (χ2v) is 9.40. The van der Waals surface area contributed by atoms with Crippen LogP contribution in [0.1, 0.15) is 59.0 Å². The van der Waals surface area contributed by atoms with Crippen LogP contribution in [0.15, 0.2) is 41.5 Å². The smallest absolute Gasteiger partial charge is 0.341 e. The molecule has 0 unspecified atom stereocenters. The number of fused-ring (bicyclic) bond motifs is 1. The molecule has 0 saturated carbocycles. The van der Waals surface area contributed by atoms with Crippen LogP contribution in [0.4, 0.5) is 5.00 Å². The van der Waals surface area contributed by atoms with Crippen LogP contribution in [-0.4, -0.2) is 41.0 Å². The Morgan fingerprint density at radius 1 is 1.09 bits per heavy atom. The second-order valence-electron chi connectivity index (χ2n) is 8.30. The predicted molar refractivity (Wildman–Crippen MR) is 126 cm³/mol. The number of hydrogen-bond acceptors (Lipinski definition) is 6. The zero-order chi connectivity index (χ0) is 23.4. The van der Waals surface area contributed by atoms with E-state index in [4.69, 9.17) is 4.74 Å². The summed E-state index contributed by atoms with van der Waals surface area (Å²) in [5.74, 6) is -1.93. The van der Waals surface area contributed by atoms with Gasteiger partial charge in [0, 0.05) is 35.7 Å². The van der Waals surface area contributed by atoms with Gasteiger partial charge in [0.05, 0.1) is 12.2 Å². The van der Waals surface area contributed by atoms with Gasteiger partial charge < -0.3 is 15.2 Å². The molecule has 1 aromatic heterocycles. The van der Waals surface area contributed by atoms with Crippen molar-refractivity contribution in [3.05, 3.63) is 63.0 Å². The van der Waals surface area contributed by atoms with Gasteiger partial charge >= 0.3 is 11.9 Å². The minimum absolute atomic E-state index is 0.173. The summed E-state index contributed by atoms with van der Waals surface area (Å²) in [6.07, 6.45) is 3.04. The Morgan fingerprint density at radius 3 is 2.52 bits per heavy atom. The Kier molecular flexibility index (Phi) is 7.25. The van der Waals surface area contributed by atoms with E-state index in [0.29, 0.717) is 41.9 Å². The highest BCUT2D eigenvalue weighted by atomic mass is 32.1. The third kappa shape index (κ3) is 5.17. The summed E-state index contributed by atoms with van der Waals surface area (Å²) in [4.78, 5) is 40.8. The number of carboxylic acids is 1. The number of carbonyl (C=O) groups is 3. The number of amides is 1. The molecule has 0 spiro atoms. The van der Waals surface area contributed by atoms with Crippen LogP contribution in [0.25, 0.3) is 0 Å². The number of anilines is 1. The maximum atomic E-state index is 13.0. The van der Waals surface area contributed by atoms with Gasteiger partial charge in [0.25, 0.3) is 5.91 Å². The molecule has 4 rings (SSSR count). The Balaban J connectivity index is 1.61. The molecule has 1 amide bonds. The van der Waals surface area contributed by atoms with Crippen LogP contribution in [0.5, 0.6) is 0 Å². The van der Waals surface area contributed by atoms with Crippen molar-refractivity contribution in [2.24, 2.45) is 0 Å². The van der Waals surface area contributed by atoms with Crippen molar-refractivity contribution in [3.8, 4) is 0 Å². The highest BCUT2D eigenvalue weighted by Crippen LogP contribution is 2.39. The van der Waals surface area contributed by atoms with Gasteiger partial charge in [-0.1, -0.05) is 30.3 Å². The van der Waals surface area contributed by atoms with Gasteiger partial charge in [0.2, 0.25) is 0 Å². The molecule has 2 N–H and O–H groups in total. The number of hydrogen-bond donors (Lipinski definition) is 2. The topological polar surface area (TPSA) is 95.9 Å². The van der Waals surface area contributed by atoms with Crippen LogP contribution < -0.4 is 5.32 Å². The molecule has 2 heterocycles. The number of aliphatic carboxylic acids is 1. The van der Waals surface area contributed by atoms with Gasteiger partial charge in [0.15, 0.2) is 0 Å². The van der Waals surface area contributed by atoms with Crippen molar-refractivity contribution in [2.45, 2.75) is 52.1 Å². The summed E-state index contributed by atoms with van der Waals surface area (Å²) in [6.45, 7) is 4.28. The van der Waals surface area contributed by atoms with E-state index in [1.54, 1.807) is 6.92 Å². The maximum absolute atomic E-state index is 13.0. The third-order valence-corrected chi connectivity index (χ3v) is 7.22. The first-order valence-electron chi connectivity index (χ1n) is 11.3. The molecule has 0 bridgehead atoms. The van der Waals surface area contributed by atoms with Crippen molar-refractivity contribution in [3.63, 3.8) is 0 Å². The molecule has 1 aromatic carbocycles. The zero-order valence-electron chi connectivity index (χ0n) is 18.7. The third-order valence-electron chi connectivity index (χ3n) is 6.09. The standard InChI is InChI=1S/C25H28N2O5S/c1-2-32-25(31)21-19-12-13-27(14-16-8-4-3-5-9-16)15-20(19)33-23(21)26-22(28)17-10-6-7-11-18(17)24(29)30/h3-5,8-9H,2,6-7,10-15H2,1H3,(H,26,28)(H,29,30). The van der Waals surface area contributed by atoms with Crippen LogP contribution in [0.3, 0.4) is 0 Å². The Morgan fingerprint density at radius 2 is 1.82 bits per heavy atom. The molecular weight excluding hydrogens is 440 g/mol. The quantitative estimate of drug-likeness (QED) is 0.586. The number of benzene rings is 1.